The van der Waals surface area contributed by atoms with E-state index in [0.717, 1.165) is 4.90 Å². The Hall–Kier alpha value is -2.81. The van der Waals surface area contributed by atoms with Crippen LogP contribution in [-0.2, 0) is 4.79 Å². The Bertz CT molecular complexity index is 1190. The molecule has 2 heterocycles. The molecule has 2 aromatic carbocycles. The molecule has 7 nitrogen and oxygen atoms in total. The molecule has 0 saturated heterocycles. The molecule has 0 aliphatic carbocycles. The van der Waals surface area contributed by atoms with Crippen LogP contribution in [0.3, 0.4) is 0 Å². The number of aromatic hydroxyl groups is 1. The summed E-state index contributed by atoms with van der Waals surface area (Å²) in [4.78, 5) is 38.6. The fourth-order valence-electron chi connectivity index (χ4n) is 3.01. The molecular formula is C19H13ClN2O5S. The minimum Gasteiger partial charge on any atom is -0.505 e. The summed E-state index contributed by atoms with van der Waals surface area (Å²) in [5, 5.41) is 13.3. The fourth-order valence-corrected chi connectivity index (χ4v) is 4.20. The Morgan fingerprint density at radius 3 is 2.79 bits per heavy atom. The highest BCUT2D eigenvalue weighted by Gasteiger charge is 2.38. The first-order valence-corrected chi connectivity index (χ1v) is 9.32. The SMILES string of the molecule is CN1Sc2ccccc2C(=O)C1C(=O)Nc1c(O)c2cc(Cl)ccc2oc1=O. The Balaban J connectivity index is 1.71. The molecule has 3 aromatic rings. The third-order valence-electron chi connectivity index (χ3n) is 4.34. The molecule has 1 aliphatic heterocycles. The van der Waals surface area contributed by atoms with Crippen LogP contribution < -0.4 is 10.9 Å². The second-order valence-electron chi connectivity index (χ2n) is 6.14. The predicted octanol–water partition coefficient (Wildman–Crippen LogP) is 3.29. The van der Waals surface area contributed by atoms with Crippen molar-refractivity contribution >= 4 is 51.9 Å². The van der Waals surface area contributed by atoms with Gasteiger partial charge in [0.15, 0.2) is 23.3 Å². The molecule has 0 fully saturated rings. The summed E-state index contributed by atoms with van der Waals surface area (Å²) >= 11 is 7.17. The first kappa shape index (κ1) is 18.5. The van der Waals surface area contributed by atoms with Crippen LogP contribution in [0.2, 0.25) is 5.02 Å². The van der Waals surface area contributed by atoms with Crippen LogP contribution in [-0.4, -0.2) is 34.2 Å². The van der Waals surface area contributed by atoms with Crippen molar-refractivity contribution in [3.63, 3.8) is 0 Å². The molecule has 0 saturated carbocycles. The van der Waals surface area contributed by atoms with Crippen LogP contribution in [0.1, 0.15) is 10.4 Å². The van der Waals surface area contributed by atoms with Crippen molar-refractivity contribution in [1.82, 2.24) is 4.31 Å². The number of ketones is 1. The Kier molecular flexibility index (Phi) is 4.62. The third kappa shape index (κ3) is 3.05. The lowest BCUT2D eigenvalue weighted by molar-refractivity contribution is -0.118. The van der Waals surface area contributed by atoms with E-state index in [2.05, 4.69) is 5.32 Å². The summed E-state index contributed by atoms with van der Waals surface area (Å²) in [5.74, 6) is -1.62. The molecule has 1 atom stereocenters. The quantitative estimate of drug-likeness (QED) is 0.375. The number of carbonyl (C=O) groups is 2. The van der Waals surface area contributed by atoms with Gasteiger partial charge in [0.1, 0.15) is 5.58 Å². The molecule has 1 amide bonds. The number of likely N-dealkylation sites (N-methyl/N-ethyl adjacent to an activating group) is 1. The van der Waals surface area contributed by atoms with Crippen LogP contribution in [0.5, 0.6) is 5.75 Å². The van der Waals surface area contributed by atoms with Crippen molar-refractivity contribution in [2.75, 3.05) is 12.4 Å². The lowest BCUT2D eigenvalue weighted by Crippen LogP contribution is -2.47. The van der Waals surface area contributed by atoms with Crippen LogP contribution in [0.4, 0.5) is 5.69 Å². The number of hydrogen-bond acceptors (Lipinski definition) is 7. The summed E-state index contributed by atoms with van der Waals surface area (Å²) in [6, 6.07) is 10.1. The zero-order chi connectivity index (χ0) is 20.0. The Morgan fingerprint density at radius 1 is 1.25 bits per heavy atom. The predicted molar refractivity (Wildman–Crippen MR) is 106 cm³/mol. The van der Waals surface area contributed by atoms with E-state index < -0.39 is 34.8 Å². The van der Waals surface area contributed by atoms with Gasteiger partial charge in [-0.05, 0) is 43.3 Å². The smallest absolute Gasteiger partial charge is 0.364 e. The molecule has 0 radical (unpaired) electrons. The minimum absolute atomic E-state index is 0.125. The van der Waals surface area contributed by atoms with Gasteiger partial charge in [-0.1, -0.05) is 29.8 Å². The second-order valence-corrected chi connectivity index (χ2v) is 7.78. The highest BCUT2D eigenvalue weighted by Crippen LogP contribution is 2.35. The summed E-state index contributed by atoms with van der Waals surface area (Å²) in [6.07, 6.45) is 0. The molecule has 1 aliphatic rings. The van der Waals surface area contributed by atoms with Gasteiger partial charge in [-0.15, -0.1) is 0 Å². The number of benzene rings is 2. The van der Waals surface area contributed by atoms with Gasteiger partial charge in [0.05, 0.1) is 5.39 Å². The van der Waals surface area contributed by atoms with Crippen LogP contribution >= 0.6 is 23.5 Å². The van der Waals surface area contributed by atoms with E-state index >= 15 is 0 Å². The summed E-state index contributed by atoms with van der Waals surface area (Å²) in [5.41, 5.74) is -0.822. The van der Waals surface area contributed by atoms with Crippen molar-refractivity contribution in [3.8, 4) is 5.75 Å². The highest BCUT2D eigenvalue weighted by atomic mass is 35.5. The summed E-state index contributed by atoms with van der Waals surface area (Å²) in [7, 11) is 1.60. The van der Waals surface area contributed by atoms with Gasteiger partial charge < -0.3 is 14.8 Å². The average Bonchev–Trinajstić information content (AvgIpc) is 2.66. The van der Waals surface area contributed by atoms with Crippen LogP contribution in [0.15, 0.2) is 56.6 Å². The maximum atomic E-state index is 12.8. The van der Waals surface area contributed by atoms with Crippen molar-refractivity contribution in [3.05, 3.63) is 63.5 Å². The minimum atomic E-state index is -1.17. The monoisotopic (exact) mass is 416 g/mol. The Labute approximate surface area is 168 Å². The van der Waals surface area contributed by atoms with Crippen LogP contribution in [0, 0.1) is 0 Å². The molecule has 1 unspecified atom stereocenters. The average molecular weight is 417 g/mol. The fraction of sp³-hybridized carbons (Fsp3) is 0.105. The van der Waals surface area contributed by atoms with E-state index in [4.69, 9.17) is 16.0 Å². The van der Waals surface area contributed by atoms with Gasteiger partial charge in [0, 0.05) is 15.5 Å². The van der Waals surface area contributed by atoms with E-state index in [-0.39, 0.29) is 11.0 Å². The zero-order valence-electron chi connectivity index (χ0n) is 14.4. The number of nitrogens with zero attached hydrogens (tertiary/aromatic N) is 1. The van der Waals surface area contributed by atoms with Gasteiger partial charge in [-0.3, -0.25) is 9.59 Å². The van der Waals surface area contributed by atoms with Crippen molar-refractivity contribution in [1.29, 1.82) is 0 Å². The van der Waals surface area contributed by atoms with Gasteiger partial charge in [0.2, 0.25) is 0 Å². The molecule has 142 valence electrons. The number of carbonyl (C=O) groups excluding carboxylic acids is 2. The molecule has 0 bridgehead atoms. The first-order valence-electron chi connectivity index (χ1n) is 8.17. The van der Waals surface area contributed by atoms with Gasteiger partial charge in [0.25, 0.3) is 5.91 Å². The number of hydrogen-bond donors (Lipinski definition) is 2. The molecule has 0 spiro atoms. The molecule has 1 aromatic heterocycles. The lowest BCUT2D eigenvalue weighted by atomic mass is 10.0. The normalized spacial score (nSPS) is 16.8. The maximum absolute atomic E-state index is 12.8. The van der Waals surface area contributed by atoms with Gasteiger partial charge in [-0.25, -0.2) is 9.10 Å². The number of amides is 1. The van der Waals surface area contributed by atoms with E-state index in [1.54, 1.807) is 31.3 Å². The Morgan fingerprint density at radius 2 is 2.00 bits per heavy atom. The number of anilines is 1. The van der Waals surface area contributed by atoms with E-state index in [1.165, 1.54) is 34.5 Å². The molecular weight excluding hydrogens is 404 g/mol. The largest absolute Gasteiger partial charge is 0.505 e. The maximum Gasteiger partial charge on any atom is 0.364 e. The van der Waals surface area contributed by atoms with Gasteiger partial charge >= 0.3 is 5.63 Å². The number of nitrogens with one attached hydrogen (secondary N) is 1. The van der Waals surface area contributed by atoms with E-state index in [0.29, 0.717) is 10.6 Å². The van der Waals surface area contributed by atoms with Crippen molar-refractivity contribution in [2.24, 2.45) is 0 Å². The summed E-state index contributed by atoms with van der Waals surface area (Å²) < 4.78 is 6.63. The van der Waals surface area contributed by atoms with Crippen LogP contribution in [0.25, 0.3) is 11.0 Å². The van der Waals surface area contributed by atoms with Gasteiger partial charge in [-0.2, -0.15) is 0 Å². The number of Topliss-reactive ketones (excluding diaryl/α,β-unsaturated/α-hetero) is 1. The molecule has 2 N–H and O–H groups in total. The molecule has 4 rings (SSSR count). The molecule has 9 heteroatoms. The third-order valence-corrected chi connectivity index (χ3v) is 5.63. The second kappa shape index (κ2) is 6.97. The zero-order valence-corrected chi connectivity index (χ0v) is 16.0. The topological polar surface area (TPSA) is 99.8 Å². The van der Waals surface area contributed by atoms with E-state index in [9.17, 15) is 19.5 Å². The standard InChI is InChI=1S/C19H13ClN2O5S/c1-22-15(17(24)10-4-2-3-5-13(10)28-22)18(25)21-14-16(23)11-8-9(20)6-7-12(11)27-19(14)26/h2-8,15,23H,1H3,(H,21,25). The number of halogens is 1. The van der Waals surface area contributed by atoms with E-state index in [1.807, 2.05) is 0 Å². The number of fused-ring (bicyclic) bond motifs is 2. The first-order chi connectivity index (χ1) is 13.4. The summed E-state index contributed by atoms with van der Waals surface area (Å²) in [6.45, 7) is 0. The lowest BCUT2D eigenvalue weighted by Gasteiger charge is -2.30. The van der Waals surface area contributed by atoms with Crippen molar-refractivity contribution in [2.45, 2.75) is 10.9 Å². The highest BCUT2D eigenvalue weighted by molar-refractivity contribution is 7.97. The number of rotatable bonds is 2. The molecule has 28 heavy (non-hydrogen) atoms. The van der Waals surface area contributed by atoms with Crippen molar-refractivity contribution < 1.29 is 19.1 Å².